The van der Waals surface area contributed by atoms with Gasteiger partial charge in [-0.25, -0.2) is 15.0 Å². The number of urea groups is 2. The van der Waals surface area contributed by atoms with Crippen molar-refractivity contribution in [1.82, 2.24) is 15.8 Å². The molecule has 1 aliphatic heterocycles. The molecule has 112 valence electrons. The van der Waals surface area contributed by atoms with Gasteiger partial charge < -0.3 is 16.2 Å². The number of carbonyl (C=O) groups excluding carboxylic acids is 3. The number of phenolic OH excluding ortho intramolecular Hbond substituents is 1. The van der Waals surface area contributed by atoms with Crippen LogP contribution in [0.4, 0.5) is 9.59 Å². The summed E-state index contributed by atoms with van der Waals surface area (Å²) in [5, 5.41) is 12.8. The van der Waals surface area contributed by atoms with Crippen LogP contribution >= 0.6 is 0 Å². The molecule has 5 N–H and O–H groups in total. The maximum Gasteiger partial charge on any atom is 0.344 e. The highest BCUT2D eigenvalue weighted by atomic mass is 16.3. The number of hydrogen-bond donors (Lipinski definition) is 4. The number of para-hydroxylation sites is 1. The lowest BCUT2D eigenvalue weighted by molar-refractivity contribution is -0.132. The van der Waals surface area contributed by atoms with E-state index in [2.05, 4.69) is 5.32 Å². The molecule has 2 rings (SSSR count). The van der Waals surface area contributed by atoms with Crippen molar-refractivity contribution in [3.05, 3.63) is 29.8 Å². The van der Waals surface area contributed by atoms with Gasteiger partial charge in [0.05, 0.1) is 0 Å². The molecular weight excluding hydrogens is 276 g/mol. The maximum absolute atomic E-state index is 12.2. The Balaban J connectivity index is 2.09. The van der Waals surface area contributed by atoms with Crippen LogP contribution in [0.3, 0.4) is 0 Å². The van der Waals surface area contributed by atoms with E-state index in [1.165, 1.54) is 0 Å². The topological polar surface area (TPSA) is 125 Å². The van der Waals surface area contributed by atoms with E-state index in [9.17, 15) is 19.5 Å². The van der Waals surface area contributed by atoms with Gasteiger partial charge in [0.2, 0.25) is 0 Å². The van der Waals surface area contributed by atoms with Crippen molar-refractivity contribution in [3.63, 3.8) is 0 Å². The molecule has 0 saturated carbocycles. The van der Waals surface area contributed by atoms with E-state index in [0.717, 1.165) is 0 Å². The number of phenols is 1. The zero-order valence-electron chi connectivity index (χ0n) is 11.4. The molecule has 8 heteroatoms. The number of aryl methyl sites for hydroxylation is 1. The molecule has 1 aromatic rings. The average Bonchev–Trinajstić information content (AvgIpc) is 2.62. The van der Waals surface area contributed by atoms with Gasteiger partial charge in [0, 0.05) is 0 Å². The second-order valence-corrected chi connectivity index (χ2v) is 5.01. The zero-order chi connectivity index (χ0) is 15.6. The van der Waals surface area contributed by atoms with Crippen LogP contribution in [0, 0.1) is 0 Å². The maximum atomic E-state index is 12.2. The molecule has 0 spiro atoms. The summed E-state index contributed by atoms with van der Waals surface area (Å²) in [6, 6.07) is 5.02. The molecule has 0 aliphatic carbocycles. The molecule has 1 heterocycles. The van der Waals surface area contributed by atoms with E-state index in [1.807, 2.05) is 5.43 Å². The van der Waals surface area contributed by atoms with Crippen LogP contribution in [0.5, 0.6) is 5.75 Å². The Labute approximate surface area is 120 Å². The van der Waals surface area contributed by atoms with Crippen LogP contribution in [-0.4, -0.2) is 33.6 Å². The highest BCUT2D eigenvalue weighted by molar-refractivity contribution is 6.07. The van der Waals surface area contributed by atoms with Crippen molar-refractivity contribution in [3.8, 4) is 5.75 Å². The van der Waals surface area contributed by atoms with E-state index in [1.54, 1.807) is 31.2 Å². The first-order valence-electron chi connectivity index (χ1n) is 6.33. The molecular formula is C13H16N4O4. The summed E-state index contributed by atoms with van der Waals surface area (Å²) in [6.45, 7) is 1.55. The van der Waals surface area contributed by atoms with Crippen molar-refractivity contribution < 1.29 is 19.5 Å². The van der Waals surface area contributed by atoms with Crippen molar-refractivity contribution >= 4 is 18.0 Å². The van der Waals surface area contributed by atoms with E-state index in [4.69, 9.17) is 5.73 Å². The minimum Gasteiger partial charge on any atom is -0.508 e. The fourth-order valence-electron chi connectivity index (χ4n) is 2.17. The van der Waals surface area contributed by atoms with Crippen LogP contribution in [0.15, 0.2) is 24.3 Å². The number of hydrazine groups is 1. The molecule has 1 aromatic carbocycles. The van der Waals surface area contributed by atoms with Crippen molar-refractivity contribution in [2.24, 2.45) is 5.73 Å². The van der Waals surface area contributed by atoms with Gasteiger partial charge in [-0.3, -0.25) is 4.79 Å². The van der Waals surface area contributed by atoms with Gasteiger partial charge in [-0.15, -0.1) is 0 Å². The molecule has 1 fully saturated rings. The molecule has 0 radical (unpaired) electrons. The van der Waals surface area contributed by atoms with Crippen LogP contribution < -0.4 is 16.5 Å². The first-order chi connectivity index (χ1) is 9.83. The molecule has 0 aromatic heterocycles. The third kappa shape index (κ3) is 2.88. The summed E-state index contributed by atoms with van der Waals surface area (Å²) < 4.78 is 0. The largest absolute Gasteiger partial charge is 0.508 e. The fourth-order valence-corrected chi connectivity index (χ4v) is 2.17. The molecule has 1 atom stereocenters. The number of nitrogens with zero attached hydrogens (tertiary/aromatic N) is 1. The standard InChI is InChI=1S/C13H16N4O4/c1-13(7-6-8-4-2-3-5-9(8)18)10(19)17(12(21)15-13)16-11(14)20/h2-5,18H,6-7H2,1H3,(H,15,21)(H3,14,16,20). The first kappa shape index (κ1) is 14.6. The molecule has 8 nitrogen and oxygen atoms in total. The SMILES string of the molecule is CC1(CCc2ccccc2O)NC(=O)N(NC(N)=O)C1=O. The van der Waals surface area contributed by atoms with E-state index in [0.29, 0.717) is 17.0 Å². The first-order valence-corrected chi connectivity index (χ1v) is 6.33. The van der Waals surface area contributed by atoms with Crippen molar-refractivity contribution in [2.45, 2.75) is 25.3 Å². The molecule has 21 heavy (non-hydrogen) atoms. The van der Waals surface area contributed by atoms with Gasteiger partial charge in [0.1, 0.15) is 11.3 Å². The monoisotopic (exact) mass is 292 g/mol. The normalized spacial score (nSPS) is 21.3. The number of nitrogens with one attached hydrogen (secondary N) is 2. The van der Waals surface area contributed by atoms with Crippen molar-refractivity contribution in [2.75, 3.05) is 0 Å². The number of primary amides is 1. The molecule has 1 saturated heterocycles. The lowest BCUT2D eigenvalue weighted by atomic mass is 9.93. The lowest BCUT2D eigenvalue weighted by Gasteiger charge is -2.21. The predicted molar refractivity (Wildman–Crippen MR) is 72.9 cm³/mol. The van der Waals surface area contributed by atoms with E-state index < -0.39 is 23.5 Å². The molecule has 1 aliphatic rings. The quantitative estimate of drug-likeness (QED) is 0.592. The van der Waals surface area contributed by atoms with E-state index in [-0.39, 0.29) is 12.2 Å². The van der Waals surface area contributed by atoms with Gasteiger partial charge in [-0.05, 0) is 31.4 Å². The Bertz CT molecular complexity index is 604. The number of rotatable bonds is 4. The Morgan fingerprint density at radius 1 is 1.43 bits per heavy atom. The number of carbonyl (C=O) groups is 3. The summed E-state index contributed by atoms with van der Waals surface area (Å²) in [5.74, 6) is -0.466. The second kappa shape index (κ2) is 5.31. The number of aromatic hydroxyl groups is 1. The Morgan fingerprint density at radius 2 is 2.10 bits per heavy atom. The summed E-state index contributed by atoms with van der Waals surface area (Å²) >= 11 is 0. The fraction of sp³-hybridized carbons (Fsp3) is 0.308. The predicted octanol–water partition coefficient (Wildman–Crippen LogP) is 0.219. The summed E-state index contributed by atoms with van der Waals surface area (Å²) in [6.07, 6.45) is 0.658. The molecule has 0 bridgehead atoms. The van der Waals surface area contributed by atoms with Crippen LogP contribution in [-0.2, 0) is 11.2 Å². The van der Waals surface area contributed by atoms with Gasteiger partial charge in [-0.2, -0.15) is 5.01 Å². The van der Waals surface area contributed by atoms with Crippen LogP contribution in [0.25, 0.3) is 0 Å². The Morgan fingerprint density at radius 3 is 2.71 bits per heavy atom. The lowest BCUT2D eigenvalue weighted by Crippen LogP contribution is -2.50. The molecule has 1 unspecified atom stereocenters. The van der Waals surface area contributed by atoms with Gasteiger partial charge in [-0.1, -0.05) is 18.2 Å². The minimum atomic E-state index is -1.16. The minimum absolute atomic E-state index is 0.130. The Hall–Kier alpha value is -2.77. The Kier molecular flexibility index (Phi) is 3.70. The van der Waals surface area contributed by atoms with Gasteiger partial charge in [0.25, 0.3) is 5.91 Å². The summed E-state index contributed by atoms with van der Waals surface area (Å²) in [7, 11) is 0. The zero-order valence-corrected chi connectivity index (χ0v) is 11.4. The number of amides is 5. The number of nitrogens with two attached hydrogens (primary N) is 1. The smallest absolute Gasteiger partial charge is 0.344 e. The van der Waals surface area contributed by atoms with Gasteiger partial charge in [0.15, 0.2) is 0 Å². The van der Waals surface area contributed by atoms with Crippen LogP contribution in [0.2, 0.25) is 0 Å². The molecule has 5 amide bonds. The summed E-state index contributed by atoms with van der Waals surface area (Å²) in [5.41, 5.74) is 6.38. The third-order valence-corrected chi connectivity index (χ3v) is 3.37. The van der Waals surface area contributed by atoms with Crippen LogP contribution in [0.1, 0.15) is 18.9 Å². The van der Waals surface area contributed by atoms with Gasteiger partial charge >= 0.3 is 12.1 Å². The summed E-state index contributed by atoms with van der Waals surface area (Å²) in [4.78, 5) is 34.7. The highest BCUT2D eigenvalue weighted by Gasteiger charge is 2.48. The van der Waals surface area contributed by atoms with E-state index >= 15 is 0 Å². The second-order valence-electron chi connectivity index (χ2n) is 5.01. The number of benzene rings is 1. The van der Waals surface area contributed by atoms with Crippen molar-refractivity contribution in [1.29, 1.82) is 0 Å². The average molecular weight is 292 g/mol. The number of hydrogen-bond acceptors (Lipinski definition) is 4. The number of imide groups is 1. The highest BCUT2D eigenvalue weighted by Crippen LogP contribution is 2.25. The third-order valence-electron chi connectivity index (χ3n) is 3.37.